The fourth-order valence-corrected chi connectivity index (χ4v) is 1.16. The second kappa shape index (κ2) is 5.47. The predicted octanol–water partition coefficient (Wildman–Crippen LogP) is -0.439. The van der Waals surface area contributed by atoms with Crippen LogP contribution in [0.3, 0.4) is 0 Å². The Labute approximate surface area is 88.2 Å². The molecule has 0 aliphatic carbocycles. The van der Waals surface area contributed by atoms with E-state index in [1.165, 1.54) is 7.11 Å². The molecule has 0 spiro atoms. The number of carbonyl (C=O) groups excluding carboxylic acids is 1. The zero-order valence-corrected chi connectivity index (χ0v) is 8.86. The van der Waals surface area contributed by atoms with Crippen LogP contribution in [-0.2, 0) is 9.53 Å². The second-order valence-corrected chi connectivity index (χ2v) is 3.27. The number of methoxy groups -OCH3 is 1. The molecule has 0 radical (unpaired) electrons. The highest BCUT2D eigenvalue weighted by molar-refractivity contribution is 5.81. The van der Waals surface area contributed by atoms with Gasteiger partial charge in [-0.15, -0.1) is 0 Å². The molecule has 1 rings (SSSR count). The molecule has 0 saturated heterocycles. The highest BCUT2D eigenvalue weighted by Crippen LogP contribution is 2.04. The maximum Gasteiger partial charge on any atom is 0.239 e. The highest BCUT2D eigenvalue weighted by atomic mass is 16.5. The van der Waals surface area contributed by atoms with Gasteiger partial charge >= 0.3 is 0 Å². The van der Waals surface area contributed by atoms with Gasteiger partial charge in [0.25, 0.3) is 0 Å². The number of imidazole rings is 1. The number of hydrogen-bond acceptors (Lipinski definition) is 4. The van der Waals surface area contributed by atoms with Crippen molar-refractivity contribution in [3.8, 4) is 0 Å². The van der Waals surface area contributed by atoms with Crippen molar-refractivity contribution in [3.05, 3.63) is 18.2 Å². The van der Waals surface area contributed by atoms with E-state index in [0.717, 1.165) is 0 Å². The van der Waals surface area contributed by atoms with Crippen molar-refractivity contribution >= 4 is 5.91 Å². The molecular weight excluding hydrogens is 196 g/mol. The molecule has 6 nitrogen and oxygen atoms in total. The third-order valence-electron chi connectivity index (χ3n) is 1.97. The first-order chi connectivity index (χ1) is 7.15. The number of aromatic amines is 1. The smallest absolute Gasteiger partial charge is 0.239 e. The number of nitrogens with two attached hydrogens (primary N) is 1. The van der Waals surface area contributed by atoms with Crippen LogP contribution in [0.15, 0.2) is 12.4 Å². The monoisotopic (exact) mass is 212 g/mol. The number of rotatable bonds is 5. The van der Waals surface area contributed by atoms with Gasteiger partial charge in [0.1, 0.15) is 11.9 Å². The number of amides is 1. The van der Waals surface area contributed by atoms with Crippen molar-refractivity contribution in [2.45, 2.75) is 19.0 Å². The van der Waals surface area contributed by atoms with Gasteiger partial charge in [0.05, 0.1) is 12.6 Å². The lowest BCUT2D eigenvalue weighted by Crippen LogP contribution is -2.44. The molecular formula is C9H16N4O2. The molecule has 6 heteroatoms. The van der Waals surface area contributed by atoms with Gasteiger partial charge in [0.2, 0.25) is 5.91 Å². The molecule has 0 aromatic carbocycles. The van der Waals surface area contributed by atoms with E-state index in [0.29, 0.717) is 5.82 Å². The van der Waals surface area contributed by atoms with Crippen molar-refractivity contribution in [1.29, 1.82) is 0 Å². The summed E-state index contributed by atoms with van der Waals surface area (Å²) in [4.78, 5) is 18.4. The van der Waals surface area contributed by atoms with E-state index >= 15 is 0 Å². The van der Waals surface area contributed by atoms with Gasteiger partial charge in [-0.05, 0) is 6.92 Å². The van der Waals surface area contributed by atoms with Crippen LogP contribution in [0.5, 0.6) is 0 Å². The van der Waals surface area contributed by atoms with E-state index in [2.05, 4.69) is 15.3 Å². The number of aromatic nitrogens is 2. The van der Waals surface area contributed by atoms with Crippen LogP contribution < -0.4 is 11.1 Å². The fraction of sp³-hybridized carbons (Fsp3) is 0.556. The van der Waals surface area contributed by atoms with Crippen molar-refractivity contribution in [1.82, 2.24) is 15.3 Å². The number of ether oxygens (including phenoxy) is 1. The lowest BCUT2D eigenvalue weighted by Gasteiger charge is -2.15. The Morgan fingerprint density at radius 3 is 3.07 bits per heavy atom. The largest absolute Gasteiger partial charge is 0.383 e. The summed E-state index contributed by atoms with van der Waals surface area (Å²) in [6.45, 7) is 2.03. The van der Waals surface area contributed by atoms with Gasteiger partial charge in [-0.2, -0.15) is 0 Å². The Hall–Kier alpha value is -1.40. The molecule has 0 aliphatic rings. The lowest BCUT2D eigenvalue weighted by atomic mass is 10.2. The average molecular weight is 212 g/mol. The molecule has 0 bridgehead atoms. The molecule has 0 aliphatic heterocycles. The Kier molecular flexibility index (Phi) is 4.26. The number of carbonyl (C=O) groups is 1. The van der Waals surface area contributed by atoms with Gasteiger partial charge in [0, 0.05) is 19.5 Å². The summed E-state index contributed by atoms with van der Waals surface area (Å²) >= 11 is 0. The minimum absolute atomic E-state index is 0.185. The van der Waals surface area contributed by atoms with Crippen LogP contribution in [0, 0.1) is 0 Å². The Balaban J connectivity index is 2.44. The predicted molar refractivity (Wildman–Crippen MR) is 55.0 cm³/mol. The van der Waals surface area contributed by atoms with Gasteiger partial charge < -0.3 is 20.8 Å². The van der Waals surface area contributed by atoms with E-state index in [4.69, 9.17) is 10.5 Å². The molecule has 4 N–H and O–H groups in total. The van der Waals surface area contributed by atoms with Crippen LogP contribution in [0.2, 0.25) is 0 Å². The summed E-state index contributed by atoms with van der Waals surface area (Å²) in [5, 5.41) is 2.73. The van der Waals surface area contributed by atoms with Gasteiger partial charge in [0.15, 0.2) is 0 Å². The topological polar surface area (TPSA) is 93.0 Å². The number of nitrogens with zero attached hydrogens (tertiary/aromatic N) is 1. The van der Waals surface area contributed by atoms with Crippen molar-refractivity contribution in [2.75, 3.05) is 13.7 Å². The van der Waals surface area contributed by atoms with E-state index in [1.54, 1.807) is 12.4 Å². The SMILES string of the molecule is COCC(N)C(=O)NC(C)c1ncc[nH]1. The summed E-state index contributed by atoms with van der Waals surface area (Å²) in [6, 6.07) is -0.831. The van der Waals surface area contributed by atoms with Crippen molar-refractivity contribution in [3.63, 3.8) is 0 Å². The zero-order chi connectivity index (χ0) is 11.3. The fourth-order valence-electron chi connectivity index (χ4n) is 1.16. The summed E-state index contributed by atoms with van der Waals surface area (Å²) in [5.41, 5.74) is 5.56. The quantitative estimate of drug-likeness (QED) is 0.617. The van der Waals surface area contributed by atoms with E-state index in [9.17, 15) is 4.79 Å². The van der Waals surface area contributed by atoms with E-state index in [-0.39, 0.29) is 18.6 Å². The third kappa shape index (κ3) is 3.34. The molecule has 1 aromatic rings. The Morgan fingerprint density at radius 1 is 1.80 bits per heavy atom. The molecule has 0 fully saturated rings. The van der Waals surface area contributed by atoms with Crippen molar-refractivity contribution in [2.24, 2.45) is 5.73 Å². The summed E-state index contributed by atoms with van der Waals surface area (Å²) < 4.78 is 4.79. The maximum absolute atomic E-state index is 11.5. The molecule has 84 valence electrons. The molecule has 2 atom stereocenters. The lowest BCUT2D eigenvalue weighted by molar-refractivity contribution is -0.124. The zero-order valence-electron chi connectivity index (χ0n) is 8.86. The van der Waals surface area contributed by atoms with E-state index in [1.807, 2.05) is 6.92 Å². The van der Waals surface area contributed by atoms with Gasteiger partial charge in [-0.1, -0.05) is 0 Å². The first-order valence-corrected chi connectivity index (χ1v) is 4.69. The van der Waals surface area contributed by atoms with Crippen LogP contribution >= 0.6 is 0 Å². The normalized spacial score (nSPS) is 14.6. The summed E-state index contributed by atoms with van der Waals surface area (Å²) in [5.74, 6) is 0.453. The Bertz CT molecular complexity index is 299. The Morgan fingerprint density at radius 2 is 2.53 bits per heavy atom. The summed E-state index contributed by atoms with van der Waals surface area (Å²) in [7, 11) is 1.50. The first kappa shape index (κ1) is 11.7. The number of H-pyrrole nitrogens is 1. The average Bonchev–Trinajstić information content (AvgIpc) is 2.70. The molecule has 15 heavy (non-hydrogen) atoms. The summed E-state index contributed by atoms with van der Waals surface area (Å²) in [6.07, 6.45) is 3.33. The van der Waals surface area contributed by atoms with Crippen molar-refractivity contribution < 1.29 is 9.53 Å². The minimum Gasteiger partial charge on any atom is -0.383 e. The van der Waals surface area contributed by atoms with Gasteiger partial charge in [-0.25, -0.2) is 4.98 Å². The number of nitrogens with one attached hydrogen (secondary N) is 2. The molecule has 1 heterocycles. The van der Waals surface area contributed by atoms with Crippen LogP contribution in [0.25, 0.3) is 0 Å². The second-order valence-electron chi connectivity index (χ2n) is 3.27. The number of hydrogen-bond donors (Lipinski definition) is 3. The first-order valence-electron chi connectivity index (χ1n) is 4.69. The van der Waals surface area contributed by atoms with E-state index < -0.39 is 6.04 Å². The standard InChI is InChI=1S/C9H16N4O2/c1-6(8-11-3-4-12-8)13-9(14)7(10)5-15-2/h3-4,6-7H,5,10H2,1-2H3,(H,11,12)(H,13,14). The molecule has 1 amide bonds. The molecule has 1 aromatic heterocycles. The maximum atomic E-state index is 11.5. The highest BCUT2D eigenvalue weighted by Gasteiger charge is 2.17. The van der Waals surface area contributed by atoms with Crippen LogP contribution in [-0.4, -0.2) is 35.6 Å². The van der Waals surface area contributed by atoms with Gasteiger partial charge in [-0.3, -0.25) is 4.79 Å². The van der Waals surface area contributed by atoms with Crippen LogP contribution in [0.4, 0.5) is 0 Å². The van der Waals surface area contributed by atoms with Crippen LogP contribution in [0.1, 0.15) is 18.8 Å². The molecule has 0 saturated carbocycles. The third-order valence-corrected chi connectivity index (χ3v) is 1.97. The molecule has 2 unspecified atom stereocenters. The minimum atomic E-state index is -0.646.